The van der Waals surface area contributed by atoms with Gasteiger partial charge >= 0.3 is 124 Å². The normalized spacial score (nSPS) is 13.4. The van der Waals surface area contributed by atoms with Gasteiger partial charge in [-0.05, 0) is 0 Å². The Labute approximate surface area is 124 Å². The topological polar surface area (TPSA) is 0 Å². The van der Waals surface area contributed by atoms with Gasteiger partial charge in [0.15, 0.2) is 0 Å². The van der Waals surface area contributed by atoms with Crippen molar-refractivity contribution in [2.45, 2.75) is 37.9 Å². The van der Waals surface area contributed by atoms with E-state index in [-0.39, 0.29) is 0 Å². The van der Waals surface area contributed by atoms with E-state index >= 15 is 0 Å². The molecule has 0 aliphatic heterocycles. The van der Waals surface area contributed by atoms with Gasteiger partial charge in [-0.15, -0.1) is 0 Å². The summed E-state index contributed by atoms with van der Waals surface area (Å²) in [6.45, 7) is 9.68. The van der Waals surface area contributed by atoms with E-state index in [0.717, 1.165) is 0 Å². The first-order valence-corrected chi connectivity index (χ1v) is 13.4. The molecule has 3 heteroatoms. The second-order valence-electron chi connectivity index (χ2n) is 5.64. The fraction of sp³-hybridized carbons (Fsp3) is 0.467. The van der Waals surface area contributed by atoms with E-state index in [1.807, 2.05) is 11.8 Å². The average molecular weight is 343 g/mol. The molecule has 0 atom stereocenters. The van der Waals surface area contributed by atoms with Gasteiger partial charge in [0.1, 0.15) is 0 Å². The number of hydrogen-bond acceptors (Lipinski definition) is 1. The molecule has 0 spiro atoms. The van der Waals surface area contributed by atoms with Crippen molar-refractivity contribution in [2.24, 2.45) is 0 Å². The number of rotatable bonds is 6. The second-order valence-corrected chi connectivity index (χ2v) is 15.0. The molecule has 0 heterocycles. The van der Waals surface area contributed by atoms with E-state index in [0.29, 0.717) is 15.0 Å². The van der Waals surface area contributed by atoms with Crippen molar-refractivity contribution in [3.05, 3.63) is 39.7 Å². The number of benzene rings is 1. The summed E-state index contributed by atoms with van der Waals surface area (Å²) in [6.07, 6.45) is 2.22. The van der Waals surface area contributed by atoms with Gasteiger partial charge in [0.05, 0.1) is 0 Å². The van der Waals surface area contributed by atoms with Gasteiger partial charge in [-0.2, -0.15) is 0 Å². The molecule has 0 aliphatic carbocycles. The third-order valence-corrected chi connectivity index (χ3v) is 9.73. The molecule has 0 nitrogen and oxygen atoms in total. The summed E-state index contributed by atoms with van der Waals surface area (Å²) in [4.78, 5) is 0. The maximum atomic E-state index is 2.47. The molecule has 0 N–H and O–H groups in total. The molecular weight excluding hydrogens is 319 g/mol. The Balaban J connectivity index is 2.70. The molecule has 1 aromatic carbocycles. The van der Waals surface area contributed by atoms with Gasteiger partial charge in [0.2, 0.25) is 0 Å². The van der Waals surface area contributed by atoms with Crippen molar-refractivity contribution < 1.29 is 0 Å². The van der Waals surface area contributed by atoms with E-state index in [9.17, 15) is 0 Å². The van der Waals surface area contributed by atoms with Crippen LogP contribution in [0.3, 0.4) is 0 Å². The molecule has 0 aromatic heterocycles. The molecule has 18 heavy (non-hydrogen) atoms. The van der Waals surface area contributed by atoms with Gasteiger partial charge in [0, 0.05) is 0 Å². The van der Waals surface area contributed by atoms with E-state index in [2.05, 4.69) is 63.2 Å². The minimum atomic E-state index is -0.867. The Morgan fingerprint density at radius 2 is 1.78 bits per heavy atom. The predicted molar refractivity (Wildman–Crippen MR) is 91.3 cm³/mol. The van der Waals surface area contributed by atoms with Crippen LogP contribution in [0.2, 0.25) is 31.0 Å². The SMILES string of the molecule is CS/C([Se]CC[Si](C)(C)C)=C(/C)c1ccccc1. The average Bonchev–Trinajstić information content (AvgIpc) is 2.34. The third-order valence-electron chi connectivity index (χ3n) is 2.78. The monoisotopic (exact) mass is 344 g/mol. The molecule has 1 aromatic rings. The van der Waals surface area contributed by atoms with Crippen molar-refractivity contribution >= 4 is 40.4 Å². The molecule has 0 saturated carbocycles. The summed E-state index contributed by atoms with van der Waals surface area (Å²) in [5.41, 5.74) is 2.87. The zero-order valence-electron chi connectivity index (χ0n) is 12.1. The fourth-order valence-corrected chi connectivity index (χ4v) is 9.59. The summed E-state index contributed by atoms with van der Waals surface area (Å²) in [5, 5.41) is 1.41. The van der Waals surface area contributed by atoms with E-state index < -0.39 is 8.07 Å². The Hall–Kier alpha value is 0.0464. The van der Waals surface area contributed by atoms with Crippen molar-refractivity contribution in [3.8, 4) is 0 Å². The molecule has 0 bridgehead atoms. The Kier molecular flexibility index (Phi) is 6.79. The van der Waals surface area contributed by atoms with Gasteiger partial charge in [-0.25, -0.2) is 0 Å². The summed E-state index contributed by atoms with van der Waals surface area (Å²) in [7, 11) is -0.867. The minimum absolute atomic E-state index is 0.652. The van der Waals surface area contributed by atoms with Crippen molar-refractivity contribution in [1.29, 1.82) is 0 Å². The van der Waals surface area contributed by atoms with Crippen molar-refractivity contribution in [2.75, 3.05) is 6.26 Å². The number of hydrogen-bond donors (Lipinski definition) is 0. The zero-order valence-corrected chi connectivity index (χ0v) is 15.6. The molecule has 0 fully saturated rings. The molecule has 1 rings (SSSR count). The second kappa shape index (κ2) is 7.59. The Bertz CT molecular complexity index is 393. The van der Waals surface area contributed by atoms with Crippen LogP contribution in [0, 0.1) is 0 Å². The fourth-order valence-electron chi connectivity index (χ4n) is 1.58. The van der Waals surface area contributed by atoms with Crippen LogP contribution in [0.4, 0.5) is 0 Å². The standard InChI is InChI=1S/C15H24SSeSi/c1-13(14-9-7-6-8-10-14)15(16-2)17-11-12-18(3,4)5/h6-10H,11-12H2,1-5H3/b15-13+. The first-order valence-electron chi connectivity index (χ1n) is 6.37. The van der Waals surface area contributed by atoms with E-state index in [1.54, 1.807) is 3.80 Å². The van der Waals surface area contributed by atoms with Crippen LogP contribution in [-0.4, -0.2) is 29.3 Å². The zero-order chi connectivity index (χ0) is 13.6. The van der Waals surface area contributed by atoms with Crippen LogP contribution < -0.4 is 0 Å². The van der Waals surface area contributed by atoms with Gasteiger partial charge in [-0.3, -0.25) is 0 Å². The Morgan fingerprint density at radius 3 is 2.28 bits per heavy atom. The van der Waals surface area contributed by atoms with Crippen LogP contribution in [0.5, 0.6) is 0 Å². The van der Waals surface area contributed by atoms with E-state index in [4.69, 9.17) is 0 Å². The molecule has 0 radical (unpaired) electrons. The molecular formula is C15H24SSeSi. The summed E-state index contributed by atoms with van der Waals surface area (Å²) in [6, 6.07) is 12.3. The molecule has 100 valence electrons. The van der Waals surface area contributed by atoms with Crippen LogP contribution in [-0.2, 0) is 0 Å². The first kappa shape index (κ1) is 16.1. The first-order chi connectivity index (χ1) is 8.44. The van der Waals surface area contributed by atoms with Crippen molar-refractivity contribution in [1.82, 2.24) is 0 Å². The summed E-state index contributed by atoms with van der Waals surface area (Å²) in [5.74, 6) is 0. The molecule has 0 amide bonds. The predicted octanol–water partition coefficient (Wildman–Crippen LogP) is 5.20. The van der Waals surface area contributed by atoms with Gasteiger partial charge in [-0.1, -0.05) is 0 Å². The maximum absolute atomic E-state index is 2.47. The summed E-state index contributed by atoms with van der Waals surface area (Å²) < 4.78 is 1.62. The molecule has 0 unspecified atom stereocenters. The molecule has 0 saturated heterocycles. The van der Waals surface area contributed by atoms with Gasteiger partial charge < -0.3 is 0 Å². The van der Waals surface area contributed by atoms with E-state index in [1.165, 1.54) is 22.5 Å². The Morgan fingerprint density at radius 1 is 1.17 bits per heavy atom. The van der Waals surface area contributed by atoms with Crippen LogP contribution in [0.25, 0.3) is 5.57 Å². The summed E-state index contributed by atoms with van der Waals surface area (Å²) >= 11 is 2.60. The van der Waals surface area contributed by atoms with Crippen LogP contribution in [0.15, 0.2) is 34.1 Å². The van der Waals surface area contributed by atoms with Crippen molar-refractivity contribution in [3.63, 3.8) is 0 Å². The van der Waals surface area contributed by atoms with Crippen LogP contribution in [0.1, 0.15) is 12.5 Å². The number of allylic oxidation sites excluding steroid dienone is 1. The molecule has 0 aliphatic rings. The quantitative estimate of drug-likeness (QED) is 0.640. The van der Waals surface area contributed by atoms with Crippen LogP contribution >= 0.6 is 11.8 Å². The number of thioether (sulfide) groups is 1. The third kappa shape index (κ3) is 5.79. The van der Waals surface area contributed by atoms with Gasteiger partial charge in [0.25, 0.3) is 0 Å².